The molecule has 19 heavy (non-hydrogen) atoms. The molecule has 3 heteroatoms. The maximum atomic E-state index is 14.0. The molecule has 2 nitrogen and oxygen atoms in total. The second-order valence-electron chi connectivity index (χ2n) is 5.79. The van der Waals surface area contributed by atoms with Gasteiger partial charge in [0.2, 0.25) is 0 Å². The molecule has 0 radical (unpaired) electrons. The Bertz CT molecular complexity index is 411. The summed E-state index contributed by atoms with van der Waals surface area (Å²) in [6.45, 7) is 6.48. The number of hydrogen-bond acceptors (Lipinski definition) is 2. The van der Waals surface area contributed by atoms with Gasteiger partial charge in [0, 0.05) is 30.2 Å². The molecule has 1 saturated heterocycles. The lowest BCUT2D eigenvalue weighted by Crippen LogP contribution is -2.50. The molecule has 1 unspecified atom stereocenters. The first-order chi connectivity index (χ1) is 9.09. The highest BCUT2D eigenvalue weighted by atomic mass is 19.1. The Kier molecular flexibility index (Phi) is 4.58. The second-order valence-corrected chi connectivity index (χ2v) is 5.79. The second kappa shape index (κ2) is 6.02. The van der Waals surface area contributed by atoms with Gasteiger partial charge in [-0.3, -0.25) is 4.90 Å². The normalized spacial score (nSPS) is 21.3. The van der Waals surface area contributed by atoms with E-state index in [1.54, 1.807) is 12.1 Å². The fraction of sp³-hybridized carbons (Fsp3) is 0.625. The van der Waals surface area contributed by atoms with Gasteiger partial charge in [0.1, 0.15) is 5.82 Å². The highest BCUT2D eigenvalue weighted by Crippen LogP contribution is 2.31. The van der Waals surface area contributed by atoms with E-state index in [1.165, 1.54) is 0 Å². The molecule has 1 aromatic rings. The van der Waals surface area contributed by atoms with Crippen LogP contribution in [-0.4, -0.2) is 30.6 Å². The van der Waals surface area contributed by atoms with Crippen molar-refractivity contribution >= 4 is 0 Å². The number of likely N-dealkylation sites (tertiary alicyclic amines) is 1. The van der Waals surface area contributed by atoms with Crippen LogP contribution in [0.4, 0.5) is 4.39 Å². The molecule has 1 aromatic carbocycles. The van der Waals surface area contributed by atoms with Crippen molar-refractivity contribution in [2.45, 2.75) is 44.7 Å². The van der Waals surface area contributed by atoms with Crippen LogP contribution in [0.25, 0.3) is 0 Å². The largest absolute Gasteiger partial charge is 0.314 e. The molecule has 0 aromatic heterocycles. The van der Waals surface area contributed by atoms with E-state index in [4.69, 9.17) is 0 Å². The molecule has 1 aliphatic heterocycles. The third-order valence-electron chi connectivity index (χ3n) is 4.60. The van der Waals surface area contributed by atoms with E-state index in [-0.39, 0.29) is 17.4 Å². The van der Waals surface area contributed by atoms with Gasteiger partial charge in [0.25, 0.3) is 0 Å². The Morgan fingerprint density at radius 3 is 2.47 bits per heavy atom. The molecule has 106 valence electrons. The predicted molar refractivity (Wildman–Crippen MR) is 77.7 cm³/mol. The zero-order valence-electron chi connectivity index (χ0n) is 12.2. The smallest absolute Gasteiger partial charge is 0.127 e. The Balaban J connectivity index is 2.10. The molecule has 0 amide bonds. The van der Waals surface area contributed by atoms with E-state index in [0.717, 1.165) is 37.9 Å². The molecular weight excluding hydrogens is 239 g/mol. The van der Waals surface area contributed by atoms with Crippen molar-refractivity contribution in [3.8, 4) is 0 Å². The van der Waals surface area contributed by atoms with Crippen LogP contribution in [0.3, 0.4) is 0 Å². The first-order valence-electron chi connectivity index (χ1n) is 7.27. The van der Waals surface area contributed by atoms with Crippen molar-refractivity contribution in [3.63, 3.8) is 0 Å². The van der Waals surface area contributed by atoms with Gasteiger partial charge in [-0.2, -0.15) is 0 Å². The minimum absolute atomic E-state index is 0.0729. The summed E-state index contributed by atoms with van der Waals surface area (Å²) in [4.78, 5) is 2.43. The van der Waals surface area contributed by atoms with Gasteiger partial charge in [0.05, 0.1) is 0 Å². The molecule has 1 N–H and O–H groups in total. The standard InChI is InChI=1S/C16H25FN2/c1-4-15(13-7-5-6-8-14(13)17)19-11-9-16(2,18-3)10-12-19/h5-8,15,18H,4,9-12H2,1-3H3. The lowest BCUT2D eigenvalue weighted by molar-refractivity contribution is 0.106. The van der Waals surface area contributed by atoms with Crippen LogP contribution in [0.5, 0.6) is 0 Å². The van der Waals surface area contributed by atoms with E-state index in [2.05, 4.69) is 24.1 Å². The number of nitrogens with one attached hydrogen (secondary N) is 1. The highest BCUT2D eigenvalue weighted by Gasteiger charge is 2.31. The van der Waals surface area contributed by atoms with Crippen molar-refractivity contribution in [3.05, 3.63) is 35.6 Å². The Labute approximate surface area is 116 Å². The Morgan fingerprint density at radius 1 is 1.32 bits per heavy atom. The summed E-state index contributed by atoms with van der Waals surface area (Å²) in [5, 5.41) is 3.41. The van der Waals surface area contributed by atoms with E-state index in [9.17, 15) is 4.39 Å². The van der Waals surface area contributed by atoms with Gasteiger partial charge in [-0.05, 0) is 39.3 Å². The van der Waals surface area contributed by atoms with Gasteiger partial charge in [-0.25, -0.2) is 4.39 Å². The van der Waals surface area contributed by atoms with Crippen molar-refractivity contribution in [2.75, 3.05) is 20.1 Å². The first-order valence-corrected chi connectivity index (χ1v) is 7.27. The van der Waals surface area contributed by atoms with Crippen molar-refractivity contribution < 1.29 is 4.39 Å². The third kappa shape index (κ3) is 3.15. The summed E-state index contributed by atoms with van der Waals surface area (Å²) in [6, 6.07) is 7.40. The number of hydrogen-bond donors (Lipinski definition) is 1. The summed E-state index contributed by atoms with van der Waals surface area (Å²) >= 11 is 0. The third-order valence-corrected chi connectivity index (χ3v) is 4.60. The highest BCUT2D eigenvalue weighted by molar-refractivity contribution is 5.21. The van der Waals surface area contributed by atoms with Crippen LogP contribution in [-0.2, 0) is 0 Å². The zero-order chi connectivity index (χ0) is 13.9. The Morgan fingerprint density at radius 2 is 1.95 bits per heavy atom. The Hall–Kier alpha value is -0.930. The molecule has 2 rings (SSSR count). The quantitative estimate of drug-likeness (QED) is 0.897. The maximum absolute atomic E-state index is 14.0. The van der Waals surface area contributed by atoms with Gasteiger partial charge in [-0.1, -0.05) is 25.1 Å². The molecule has 1 heterocycles. The van der Waals surface area contributed by atoms with E-state index in [0.29, 0.717) is 0 Å². The van der Waals surface area contributed by atoms with Gasteiger partial charge < -0.3 is 5.32 Å². The van der Waals surface area contributed by atoms with Crippen LogP contribution in [0.15, 0.2) is 24.3 Å². The zero-order valence-corrected chi connectivity index (χ0v) is 12.2. The molecule has 0 spiro atoms. The lowest BCUT2D eigenvalue weighted by Gasteiger charge is -2.42. The van der Waals surface area contributed by atoms with E-state index >= 15 is 0 Å². The summed E-state index contributed by atoms with van der Waals surface area (Å²) in [7, 11) is 2.03. The van der Waals surface area contributed by atoms with Crippen LogP contribution in [0, 0.1) is 5.82 Å². The lowest BCUT2D eigenvalue weighted by atomic mass is 9.88. The summed E-state index contributed by atoms with van der Waals surface area (Å²) in [5.74, 6) is -0.0729. The van der Waals surface area contributed by atoms with Gasteiger partial charge in [0.15, 0.2) is 0 Å². The minimum Gasteiger partial charge on any atom is -0.314 e. The fourth-order valence-corrected chi connectivity index (χ4v) is 3.00. The van der Waals surface area contributed by atoms with E-state index in [1.807, 2.05) is 19.2 Å². The topological polar surface area (TPSA) is 15.3 Å². The summed E-state index contributed by atoms with van der Waals surface area (Å²) in [5.41, 5.74) is 1.09. The van der Waals surface area contributed by atoms with E-state index < -0.39 is 0 Å². The minimum atomic E-state index is -0.0729. The number of rotatable bonds is 4. The van der Waals surface area contributed by atoms with Crippen LogP contribution >= 0.6 is 0 Å². The maximum Gasteiger partial charge on any atom is 0.127 e. The summed E-state index contributed by atoms with van der Waals surface area (Å²) in [6.07, 6.45) is 3.19. The van der Waals surface area contributed by atoms with Gasteiger partial charge in [-0.15, -0.1) is 0 Å². The molecular formula is C16H25FN2. The molecule has 0 bridgehead atoms. The molecule has 1 atom stereocenters. The average Bonchev–Trinajstić information content (AvgIpc) is 2.44. The molecule has 1 fully saturated rings. The number of halogens is 1. The molecule has 1 aliphatic rings. The van der Waals surface area contributed by atoms with Gasteiger partial charge >= 0.3 is 0 Å². The monoisotopic (exact) mass is 264 g/mol. The molecule has 0 saturated carbocycles. The predicted octanol–water partition coefficient (Wildman–Crippen LogP) is 3.35. The van der Waals surface area contributed by atoms with Crippen LogP contribution < -0.4 is 5.32 Å². The average molecular weight is 264 g/mol. The SMILES string of the molecule is CCC(c1ccccc1F)N1CCC(C)(NC)CC1. The van der Waals surface area contributed by atoms with Crippen LogP contribution in [0.2, 0.25) is 0 Å². The molecule has 0 aliphatic carbocycles. The number of nitrogens with zero attached hydrogens (tertiary/aromatic N) is 1. The first kappa shape index (κ1) is 14.5. The summed E-state index contributed by atoms with van der Waals surface area (Å²) < 4.78 is 14.0. The number of piperidine rings is 1. The number of benzene rings is 1. The van der Waals surface area contributed by atoms with Crippen molar-refractivity contribution in [1.29, 1.82) is 0 Å². The van der Waals surface area contributed by atoms with Crippen molar-refractivity contribution in [1.82, 2.24) is 10.2 Å². The fourth-order valence-electron chi connectivity index (χ4n) is 3.00. The van der Waals surface area contributed by atoms with Crippen LogP contribution in [0.1, 0.15) is 44.7 Å². The van der Waals surface area contributed by atoms with Crippen molar-refractivity contribution in [2.24, 2.45) is 0 Å².